The van der Waals surface area contributed by atoms with Crippen molar-refractivity contribution < 1.29 is 13.2 Å². The number of nitrogens with zero attached hydrogens (tertiary/aromatic N) is 2. The number of benzene rings is 1. The van der Waals surface area contributed by atoms with Gasteiger partial charge in [0.15, 0.2) is 0 Å². The van der Waals surface area contributed by atoms with Gasteiger partial charge in [-0.05, 0) is 42.4 Å². The number of sulfonamides is 1. The van der Waals surface area contributed by atoms with E-state index in [-0.39, 0.29) is 11.6 Å². The average molecular weight is 380 g/mol. The summed E-state index contributed by atoms with van der Waals surface area (Å²) in [4.78, 5) is 4.32. The third-order valence-electron chi connectivity index (χ3n) is 3.58. The zero-order valence-corrected chi connectivity index (χ0v) is 16.7. The van der Waals surface area contributed by atoms with Crippen molar-refractivity contribution in [2.75, 3.05) is 23.4 Å². The number of ether oxygens (including phenoxy) is 1. The highest BCUT2D eigenvalue weighted by Crippen LogP contribution is 2.22. The monoisotopic (exact) mass is 379 g/mol. The predicted octanol–water partition coefficient (Wildman–Crippen LogP) is 3.17. The second-order valence-electron chi connectivity index (χ2n) is 6.96. The van der Waals surface area contributed by atoms with Gasteiger partial charge < -0.3 is 10.5 Å². The van der Waals surface area contributed by atoms with Crippen molar-refractivity contribution in [1.82, 2.24) is 4.98 Å². The fraction of sp³-hybridized carbons (Fsp3) is 0.353. The number of aromatic nitrogens is 1. The van der Waals surface area contributed by atoms with Gasteiger partial charge in [0.25, 0.3) is 10.0 Å². The van der Waals surface area contributed by atoms with E-state index in [1.54, 1.807) is 36.5 Å². The van der Waals surface area contributed by atoms with Gasteiger partial charge in [-0.2, -0.15) is 0 Å². The first-order valence-electron chi connectivity index (χ1n) is 8.07. The molecule has 0 radical (unpaired) electrons. The van der Waals surface area contributed by atoms with E-state index in [9.17, 15) is 8.42 Å². The Morgan fingerprint density at radius 2 is 1.80 bits per heavy atom. The highest BCUT2D eigenvalue weighted by atomic mass is 32.2. The third kappa shape index (κ3) is 5.55. The summed E-state index contributed by atoms with van der Waals surface area (Å²) in [7, 11) is -5.03. The fourth-order valence-corrected chi connectivity index (χ4v) is 4.11. The molecular formula is C17H25N3O3SSi. The van der Waals surface area contributed by atoms with Crippen molar-refractivity contribution in [1.29, 1.82) is 0 Å². The molecule has 2 rings (SSSR count). The van der Waals surface area contributed by atoms with Crippen LogP contribution < -0.4 is 10.0 Å². The van der Waals surface area contributed by atoms with Gasteiger partial charge in [-0.1, -0.05) is 25.7 Å². The van der Waals surface area contributed by atoms with Crippen LogP contribution in [0.4, 0.5) is 11.5 Å². The van der Waals surface area contributed by atoms with Crippen LogP contribution in [0.3, 0.4) is 0 Å². The quantitative estimate of drug-likeness (QED) is 0.329. The first kappa shape index (κ1) is 19.4. The van der Waals surface area contributed by atoms with Gasteiger partial charge in [-0.25, -0.2) is 17.7 Å². The van der Waals surface area contributed by atoms with E-state index in [1.807, 2.05) is 0 Å². The molecule has 0 fully saturated rings. The molecule has 0 aliphatic heterocycles. The third-order valence-corrected chi connectivity index (χ3v) is 7.02. The van der Waals surface area contributed by atoms with Gasteiger partial charge in [0.05, 0.1) is 4.90 Å². The van der Waals surface area contributed by atoms with Gasteiger partial charge in [-0.3, -0.25) is 0 Å². The molecule has 0 spiro atoms. The molecule has 0 saturated carbocycles. The molecule has 0 unspecified atom stereocenters. The summed E-state index contributed by atoms with van der Waals surface area (Å²) in [5, 5.41) is 0. The van der Waals surface area contributed by atoms with E-state index in [2.05, 4.69) is 24.6 Å². The lowest BCUT2D eigenvalue weighted by atomic mass is 10.3. The molecule has 2 aromatic rings. The summed E-state index contributed by atoms with van der Waals surface area (Å²) >= 11 is 0. The normalized spacial score (nSPS) is 12.1. The second-order valence-corrected chi connectivity index (χ2v) is 14.4. The maximum atomic E-state index is 13.0. The maximum Gasteiger partial charge on any atom is 0.267 e. The minimum absolute atomic E-state index is 0.0752. The number of rotatable bonds is 8. The van der Waals surface area contributed by atoms with Crippen molar-refractivity contribution in [3.8, 4) is 0 Å². The zero-order valence-electron chi connectivity index (χ0n) is 14.8. The zero-order chi connectivity index (χ0) is 18.5. The summed E-state index contributed by atoms with van der Waals surface area (Å²) in [6.07, 6.45) is 1.56. The van der Waals surface area contributed by atoms with Crippen molar-refractivity contribution in [3.05, 3.63) is 48.7 Å². The van der Waals surface area contributed by atoms with Crippen LogP contribution in [-0.4, -0.2) is 34.8 Å². The van der Waals surface area contributed by atoms with Crippen molar-refractivity contribution >= 4 is 29.6 Å². The number of anilines is 2. The summed E-state index contributed by atoms with van der Waals surface area (Å²) in [6, 6.07) is 12.2. The van der Waals surface area contributed by atoms with Crippen LogP contribution in [-0.2, 0) is 14.8 Å². The van der Waals surface area contributed by atoms with Crippen molar-refractivity contribution in [2.24, 2.45) is 0 Å². The summed E-state index contributed by atoms with van der Waals surface area (Å²) in [5.74, 6) is 0.326. The molecule has 0 atom stereocenters. The number of nitrogen functional groups attached to an aromatic ring is 1. The van der Waals surface area contributed by atoms with Gasteiger partial charge in [0, 0.05) is 26.6 Å². The standard InChI is InChI=1S/C17H25N3O3SSi/c1-25(2,3)13-12-23-14-20(17-6-4-5-11-19-17)24(21,22)16-9-7-15(18)8-10-16/h4-11H,12-14,18H2,1-3H3. The van der Waals surface area contributed by atoms with Gasteiger partial charge >= 0.3 is 0 Å². The Kier molecular flexibility index (Phi) is 6.20. The molecule has 25 heavy (non-hydrogen) atoms. The van der Waals surface area contributed by atoms with E-state index in [0.29, 0.717) is 18.1 Å². The van der Waals surface area contributed by atoms with Crippen LogP contribution in [0.2, 0.25) is 25.7 Å². The Bertz CT molecular complexity index is 775. The molecule has 0 aliphatic rings. The topological polar surface area (TPSA) is 85.5 Å². The number of hydrogen-bond donors (Lipinski definition) is 1. The van der Waals surface area contributed by atoms with Gasteiger partial charge in [0.1, 0.15) is 12.5 Å². The smallest absolute Gasteiger partial charge is 0.267 e. The predicted molar refractivity (Wildman–Crippen MR) is 104 cm³/mol. The van der Waals surface area contributed by atoms with E-state index in [0.717, 1.165) is 6.04 Å². The summed E-state index contributed by atoms with van der Waals surface area (Å²) in [6.45, 7) is 7.19. The lowest BCUT2D eigenvalue weighted by Crippen LogP contribution is -2.34. The van der Waals surface area contributed by atoms with Crippen LogP contribution in [0.5, 0.6) is 0 Å². The fourth-order valence-electron chi connectivity index (χ4n) is 2.05. The first-order chi connectivity index (χ1) is 11.7. The number of hydrogen-bond acceptors (Lipinski definition) is 5. The largest absolute Gasteiger partial charge is 0.399 e. The molecule has 0 bridgehead atoms. The lowest BCUT2D eigenvalue weighted by Gasteiger charge is -2.24. The molecular weight excluding hydrogens is 354 g/mol. The molecule has 136 valence electrons. The van der Waals surface area contributed by atoms with Crippen LogP contribution in [0.15, 0.2) is 53.6 Å². The molecule has 6 nitrogen and oxygen atoms in total. The van der Waals surface area contributed by atoms with E-state index >= 15 is 0 Å². The van der Waals surface area contributed by atoms with Crippen LogP contribution >= 0.6 is 0 Å². The highest BCUT2D eigenvalue weighted by molar-refractivity contribution is 7.92. The van der Waals surface area contributed by atoms with Crippen LogP contribution in [0.1, 0.15) is 0 Å². The Labute approximate surface area is 150 Å². The molecule has 1 heterocycles. The minimum atomic E-state index is -3.79. The maximum absolute atomic E-state index is 13.0. The highest BCUT2D eigenvalue weighted by Gasteiger charge is 2.26. The number of nitrogens with two attached hydrogens (primary N) is 1. The summed E-state index contributed by atoms with van der Waals surface area (Å²) < 4.78 is 32.9. The molecule has 0 aliphatic carbocycles. The van der Waals surface area contributed by atoms with Crippen LogP contribution in [0.25, 0.3) is 0 Å². The lowest BCUT2D eigenvalue weighted by molar-refractivity contribution is 0.156. The van der Waals surface area contributed by atoms with Gasteiger partial charge in [-0.15, -0.1) is 0 Å². The summed E-state index contributed by atoms with van der Waals surface area (Å²) in [5.41, 5.74) is 6.16. The van der Waals surface area contributed by atoms with Gasteiger partial charge in [0.2, 0.25) is 0 Å². The Balaban J connectivity index is 2.24. The molecule has 1 aromatic heterocycles. The Morgan fingerprint density at radius 1 is 1.12 bits per heavy atom. The Morgan fingerprint density at radius 3 is 2.36 bits per heavy atom. The number of pyridine rings is 1. The Hall–Kier alpha value is -1.90. The molecule has 0 saturated heterocycles. The molecule has 8 heteroatoms. The van der Waals surface area contributed by atoms with Crippen molar-refractivity contribution in [3.63, 3.8) is 0 Å². The van der Waals surface area contributed by atoms with Crippen LogP contribution in [0, 0.1) is 0 Å². The molecule has 1 aromatic carbocycles. The second kappa shape index (κ2) is 7.98. The molecule has 0 amide bonds. The van der Waals surface area contributed by atoms with E-state index in [4.69, 9.17) is 10.5 Å². The SMILES string of the molecule is C[Si](C)(C)CCOCN(c1ccccn1)S(=O)(=O)c1ccc(N)cc1. The van der Waals surface area contributed by atoms with E-state index in [1.165, 1.54) is 16.4 Å². The molecule has 2 N–H and O–H groups in total. The first-order valence-corrected chi connectivity index (χ1v) is 13.2. The van der Waals surface area contributed by atoms with E-state index < -0.39 is 18.1 Å². The minimum Gasteiger partial charge on any atom is -0.399 e. The average Bonchev–Trinajstić information content (AvgIpc) is 2.54. The van der Waals surface area contributed by atoms with Crippen molar-refractivity contribution in [2.45, 2.75) is 30.6 Å².